The normalized spacial score (nSPS) is 12.2. The lowest BCUT2D eigenvalue weighted by molar-refractivity contribution is 0.0870. The number of hydrogen-bond donors (Lipinski definition) is 1. The van der Waals surface area contributed by atoms with Crippen LogP contribution in [-0.2, 0) is 4.74 Å². The Morgan fingerprint density at radius 2 is 2.31 bits per heavy atom. The fraction of sp³-hybridized carbons (Fsp3) is 0.455. The summed E-state index contributed by atoms with van der Waals surface area (Å²) in [7, 11) is 1.60. The number of methoxy groups -OCH3 is 1. The Morgan fingerprint density at radius 1 is 1.62 bits per heavy atom. The van der Waals surface area contributed by atoms with Gasteiger partial charge in [-0.25, -0.2) is 4.98 Å². The second kappa shape index (κ2) is 5.82. The topological polar surface area (TPSA) is 51.2 Å². The van der Waals surface area contributed by atoms with Crippen molar-refractivity contribution >= 4 is 17.5 Å². The maximum Gasteiger partial charge on any atom is 0.251 e. The van der Waals surface area contributed by atoms with E-state index >= 15 is 0 Å². The van der Waals surface area contributed by atoms with Crippen LogP contribution >= 0.6 is 11.6 Å². The largest absolute Gasteiger partial charge is 0.380 e. The van der Waals surface area contributed by atoms with Crippen LogP contribution in [0.25, 0.3) is 0 Å². The average molecular weight is 243 g/mol. The summed E-state index contributed by atoms with van der Waals surface area (Å²) in [5.74, 6) is -0.170. The van der Waals surface area contributed by atoms with Gasteiger partial charge in [-0.05, 0) is 26.0 Å². The molecule has 5 heteroatoms. The number of amides is 1. The van der Waals surface area contributed by atoms with Gasteiger partial charge in [0.05, 0.1) is 6.10 Å². The lowest BCUT2D eigenvalue weighted by Crippen LogP contribution is -2.31. The van der Waals surface area contributed by atoms with Crippen LogP contribution in [0.4, 0.5) is 0 Å². The summed E-state index contributed by atoms with van der Waals surface area (Å²) in [5, 5.41) is 3.08. The van der Waals surface area contributed by atoms with Gasteiger partial charge in [-0.1, -0.05) is 11.6 Å². The lowest BCUT2D eigenvalue weighted by Gasteiger charge is -2.11. The number of ether oxygens (including phenoxy) is 1. The predicted octanol–water partition coefficient (Wildman–Crippen LogP) is 1.81. The standard InChI is InChI=1S/C11H15ClN2O2/c1-7-4-9(5-10(12)14-7)11(15)13-6-8(2)16-3/h4-5,8H,6H2,1-3H3,(H,13,15). The zero-order valence-electron chi connectivity index (χ0n) is 9.58. The van der Waals surface area contributed by atoms with Gasteiger partial charge in [-0.3, -0.25) is 4.79 Å². The van der Waals surface area contributed by atoms with Crippen LogP contribution in [0.1, 0.15) is 23.0 Å². The fourth-order valence-corrected chi connectivity index (χ4v) is 1.43. The van der Waals surface area contributed by atoms with E-state index in [0.717, 1.165) is 5.69 Å². The number of halogens is 1. The number of nitrogens with one attached hydrogen (secondary N) is 1. The molecule has 1 N–H and O–H groups in total. The van der Waals surface area contributed by atoms with Crippen molar-refractivity contribution < 1.29 is 9.53 Å². The van der Waals surface area contributed by atoms with E-state index < -0.39 is 0 Å². The van der Waals surface area contributed by atoms with Crippen molar-refractivity contribution in [2.24, 2.45) is 0 Å². The molecule has 0 aliphatic rings. The van der Waals surface area contributed by atoms with Gasteiger partial charge in [0.1, 0.15) is 5.15 Å². The Kier molecular flexibility index (Phi) is 4.71. The first kappa shape index (κ1) is 12.9. The van der Waals surface area contributed by atoms with Gasteiger partial charge in [0.2, 0.25) is 0 Å². The van der Waals surface area contributed by atoms with E-state index in [-0.39, 0.29) is 12.0 Å². The van der Waals surface area contributed by atoms with Gasteiger partial charge in [-0.15, -0.1) is 0 Å². The first-order valence-electron chi connectivity index (χ1n) is 4.98. The third kappa shape index (κ3) is 3.79. The first-order chi connectivity index (χ1) is 7.52. The minimum Gasteiger partial charge on any atom is -0.380 e. The molecule has 0 aromatic carbocycles. The second-order valence-corrected chi connectivity index (χ2v) is 3.96. The molecule has 1 rings (SSSR count). The molecule has 88 valence electrons. The van der Waals surface area contributed by atoms with E-state index in [1.54, 1.807) is 26.2 Å². The summed E-state index contributed by atoms with van der Waals surface area (Å²) in [6, 6.07) is 3.24. The predicted molar refractivity (Wildman–Crippen MR) is 62.8 cm³/mol. The number of nitrogens with zero attached hydrogens (tertiary/aromatic N) is 1. The van der Waals surface area contributed by atoms with Gasteiger partial charge in [0.25, 0.3) is 5.91 Å². The SMILES string of the molecule is COC(C)CNC(=O)c1cc(C)nc(Cl)c1. The zero-order valence-corrected chi connectivity index (χ0v) is 10.3. The molecule has 0 saturated heterocycles. The summed E-state index contributed by atoms with van der Waals surface area (Å²) < 4.78 is 5.03. The molecule has 1 atom stereocenters. The molecule has 0 saturated carbocycles. The summed E-state index contributed by atoms with van der Waals surface area (Å²) in [6.45, 7) is 4.14. The summed E-state index contributed by atoms with van der Waals surface area (Å²) in [5.41, 5.74) is 1.23. The molecule has 0 spiro atoms. The van der Waals surface area contributed by atoms with Gasteiger partial charge < -0.3 is 10.1 Å². The van der Waals surface area contributed by atoms with Crippen molar-refractivity contribution in [3.05, 3.63) is 28.5 Å². The monoisotopic (exact) mass is 242 g/mol. The highest BCUT2D eigenvalue weighted by molar-refractivity contribution is 6.29. The van der Waals surface area contributed by atoms with Crippen LogP contribution in [0, 0.1) is 6.92 Å². The quantitative estimate of drug-likeness (QED) is 0.820. The molecule has 0 radical (unpaired) electrons. The third-order valence-corrected chi connectivity index (χ3v) is 2.33. The molecule has 0 aliphatic heterocycles. The highest BCUT2D eigenvalue weighted by Gasteiger charge is 2.09. The molecule has 1 unspecified atom stereocenters. The van der Waals surface area contributed by atoms with Crippen LogP contribution in [0.2, 0.25) is 5.15 Å². The molecule has 0 aliphatic carbocycles. The number of hydrogen-bond acceptors (Lipinski definition) is 3. The highest BCUT2D eigenvalue weighted by Crippen LogP contribution is 2.10. The van der Waals surface area contributed by atoms with E-state index in [1.807, 2.05) is 6.92 Å². The maximum atomic E-state index is 11.7. The number of carbonyl (C=O) groups excluding carboxylic acids is 1. The third-order valence-electron chi connectivity index (χ3n) is 2.14. The minimum absolute atomic E-state index is 0.0117. The molecule has 16 heavy (non-hydrogen) atoms. The van der Waals surface area contributed by atoms with Crippen molar-refractivity contribution in [3.63, 3.8) is 0 Å². The van der Waals surface area contributed by atoms with Crippen LogP contribution in [0.3, 0.4) is 0 Å². The van der Waals surface area contributed by atoms with Gasteiger partial charge >= 0.3 is 0 Å². The summed E-state index contributed by atoms with van der Waals surface area (Å²) in [4.78, 5) is 15.7. The van der Waals surface area contributed by atoms with Crippen LogP contribution < -0.4 is 5.32 Å². The van der Waals surface area contributed by atoms with Crippen molar-refractivity contribution in [1.29, 1.82) is 0 Å². The van der Waals surface area contributed by atoms with E-state index in [2.05, 4.69) is 10.3 Å². The molecule has 4 nitrogen and oxygen atoms in total. The number of aromatic nitrogens is 1. The molecule has 1 aromatic heterocycles. The van der Waals surface area contributed by atoms with Crippen molar-refractivity contribution in [2.75, 3.05) is 13.7 Å². The van der Waals surface area contributed by atoms with E-state index in [9.17, 15) is 4.79 Å². The molecular weight excluding hydrogens is 228 g/mol. The number of rotatable bonds is 4. The molecule has 1 heterocycles. The van der Waals surface area contributed by atoms with Gasteiger partial charge in [0, 0.05) is 24.9 Å². The fourth-order valence-electron chi connectivity index (χ4n) is 1.18. The van der Waals surface area contributed by atoms with E-state index in [1.165, 1.54) is 0 Å². The number of carbonyl (C=O) groups is 1. The molecule has 1 aromatic rings. The molecular formula is C11H15ClN2O2. The van der Waals surface area contributed by atoms with E-state index in [0.29, 0.717) is 17.3 Å². The first-order valence-corrected chi connectivity index (χ1v) is 5.36. The Balaban J connectivity index is 2.66. The van der Waals surface area contributed by atoms with Crippen molar-refractivity contribution in [3.8, 4) is 0 Å². The smallest absolute Gasteiger partial charge is 0.251 e. The Morgan fingerprint density at radius 3 is 2.88 bits per heavy atom. The van der Waals surface area contributed by atoms with Gasteiger partial charge in [-0.2, -0.15) is 0 Å². The van der Waals surface area contributed by atoms with Crippen LogP contribution in [0.5, 0.6) is 0 Å². The van der Waals surface area contributed by atoms with E-state index in [4.69, 9.17) is 16.3 Å². The Labute approximate surface area is 100.0 Å². The van der Waals surface area contributed by atoms with Crippen LogP contribution in [-0.4, -0.2) is 30.6 Å². The summed E-state index contributed by atoms with van der Waals surface area (Å²) in [6.07, 6.45) is -0.0117. The molecule has 0 fully saturated rings. The number of pyridine rings is 1. The number of aryl methyl sites for hydroxylation is 1. The average Bonchev–Trinajstić information content (AvgIpc) is 2.23. The summed E-state index contributed by atoms with van der Waals surface area (Å²) >= 11 is 5.77. The lowest BCUT2D eigenvalue weighted by atomic mass is 10.2. The van der Waals surface area contributed by atoms with Crippen molar-refractivity contribution in [2.45, 2.75) is 20.0 Å². The second-order valence-electron chi connectivity index (χ2n) is 3.58. The molecule has 0 bridgehead atoms. The molecule has 1 amide bonds. The zero-order chi connectivity index (χ0) is 12.1. The Hall–Kier alpha value is -1.13. The Bertz CT molecular complexity index is 362. The maximum absolute atomic E-state index is 11.7. The van der Waals surface area contributed by atoms with Crippen LogP contribution in [0.15, 0.2) is 12.1 Å². The minimum atomic E-state index is -0.170. The van der Waals surface area contributed by atoms with Gasteiger partial charge in [0.15, 0.2) is 0 Å². The van der Waals surface area contributed by atoms with Crippen molar-refractivity contribution in [1.82, 2.24) is 10.3 Å². The highest BCUT2D eigenvalue weighted by atomic mass is 35.5.